The second-order valence-corrected chi connectivity index (χ2v) is 5.00. The molecule has 88 valence electrons. The van der Waals surface area contributed by atoms with Crippen molar-refractivity contribution in [3.05, 3.63) is 0 Å². The van der Waals surface area contributed by atoms with E-state index in [9.17, 15) is 0 Å². The number of rotatable bonds is 4. The van der Waals surface area contributed by atoms with Gasteiger partial charge in [0.25, 0.3) is 0 Å². The Hall–Kier alpha value is -0.120. The van der Waals surface area contributed by atoms with Gasteiger partial charge in [0.15, 0.2) is 0 Å². The van der Waals surface area contributed by atoms with Gasteiger partial charge in [-0.05, 0) is 38.1 Å². The first-order valence-corrected chi connectivity index (χ1v) is 6.58. The molecule has 15 heavy (non-hydrogen) atoms. The Morgan fingerprint density at radius 2 is 2.00 bits per heavy atom. The predicted octanol–water partition coefficient (Wildman–Crippen LogP) is 0.845. The molecular formula is C12H25N3. The van der Waals surface area contributed by atoms with Gasteiger partial charge in [0.05, 0.1) is 0 Å². The molecule has 1 saturated heterocycles. The molecule has 3 heteroatoms. The average Bonchev–Trinajstić information content (AvgIpc) is 2.80. The van der Waals surface area contributed by atoms with Crippen LogP contribution in [0.3, 0.4) is 0 Å². The lowest BCUT2D eigenvalue weighted by Gasteiger charge is -2.36. The summed E-state index contributed by atoms with van der Waals surface area (Å²) in [5, 5.41) is 7.29. The summed E-state index contributed by atoms with van der Waals surface area (Å²) in [6.45, 7) is 2.97. The first kappa shape index (κ1) is 11.4. The third kappa shape index (κ3) is 2.92. The van der Waals surface area contributed by atoms with E-state index in [-0.39, 0.29) is 0 Å². The van der Waals surface area contributed by atoms with Crippen LogP contribution >= 0.6 is 0 Å². The van der Waals surface area contributed by atoms with Crippen molar-refractivity contribution in [2.24, 2.45) is 11.7 Å². The molecule has 1 saturated carbocycles. The standard InChI is InChI=1S/C12H25N3/c13-7-9-15-11-5-2-1-4-10(11)12-6-3-8-14-12/h10-12,14-15H,1-9,13H2. The van der Waals surface area contributed by atoms with E-state index in [0.29, 0.717) is 0 Å². The van der Waals surface area contributed by atoms with E-state index in [1.807, 2.05) is 0 Å². The van der Waals surface area contributed by atoms with E-state index in [0.717, 1.165) is 31.1 Å². The summed E-state index contributed by atoms with van der Waals surface area (Å²) >= 11 is 0. The number of hydrogen-bond donors (Lipinski definition) is 3. The lowest BCUT2D eigenvalue weighted by molar-refractivity contribution is 0.216. The fourth-order valence-electron chi connectivity index (χ4n) is 3.24. The summed E-state index contributed by atoms with van der Waals surface area (Å²) in [6.07, 6.45) is 8.31. The molecule has 0 spiro atoms. The summed E-state index contributed by atoms with van der Waals surface area (Å²) in [6, 6.07) is 1.50. The minimum atomic E-state index is 0.720. The smallest absolute Gasteiger partial charge is 0.0111 e. The van der Waals surface area contributed by atoms with E-state index in [4.69, 9.17) is 5.73 Å². The molecule has 0 radical (unpaired) electrons. The molecule has 2 aliphatic rings. The Morgan fingerprint density at radius 3 is 2.73 bits per heavy atom. The summed E-state index contributed by atoms with van der Waals surface area (Å²) in [5.41, 5.74) is 5.57. The quantitative estimate of drug-likeness (QED) is 0.646. The zero-order valence-electron chi connectivity index (χ0n) is 9.67. The van der Waals surface area contributed by atoms with Gasteiger partial charge < -0.3 is 16.4 Å². The molecule has 2 fully saturated rings. The van der Waals surface area contributed by atoms with Crippen LogP contribution in [0.2, 0.25) is 0 Å². The Morgan fingerprint density at radius 1 is 1.13 bits per heavy atom. The maximum atomic E-state index is 5.57. The molecule has 4 N–H and O–H groups in total. The molecule has 0 bridgehead atoms. The highest BCUT2D eigenvalue weighted by Gasteiger charge is 2.32. The van der Waals surface area contributed by atoms with Gasteiger partial charge in [-0.2, -0.15) is 0 Å². The third-order valence-electron chi connectivity index (χ3n) is 3.99. The molecule has 0 aromatic rings. The van der Waals surface area contributed by atoms with Gasteiger partial charge in [0, 0.05) is 25.2 Å². The minimum Gasteiger partial charge on any atom is -0.329 e. The summed E-state index contributed by atoms with van der Waals surface area (Å²) < 4.78 is 0. The monoisotopic (exact) mass is 211 g/mol. The molecule has 3 unspecified atom stereocenters. The minimum absolute atomic E-state index is 0.720. The van der Waals surface area contributed by atoms with Gasteiger partial charge in [-0.15, -0.1) is 0 Å². The van der Waals surface area contributed by atoms with E-state index < -0.39 is 0 Å². The van der Waals surface area contributed by atoms with E-state index >= 15 is 0 Å². The van der Waals surface area contributed by atoms with Crippen molar-refractivity contribution in [3.8, 4) is 0 Å². The number of nitrogens with two attached hydrogens (primary N) is 1. The van der Waals surface area contributed by atoms with Crippen LogP contribution in [0, 0.1) is 5.92 Å². The van der Waals surface area contributed by atoms with Gasteiger partial charge in [-0.25, -0.2) is 0 Å². The average molecular weight is 211 g/mol. The van der Waals surface area contributed by atoms with Gasteiger partial charge in [-0.1, -0.05) is 12.8 Å². The van der Waals surface area contributed by atoms with Gasteiger partial charge in [0.2, 0.25) is 0 Å². The third-order valence-corrected chi connectivity index (χ3v) is 3.99. The number of hydrogen-bond acceptors (Lipinski definition) is 3. The topological polar surface area (TPSA) is 50.1 Å². The van der Waals surface area contributed by atoms with E-state index in [1.165, 1.54) is 45.1 Å². The lowest BCUT2D eigenvalue weighted by Crippen LogP contribution is -2.48. The van der Waals surface area contributed by atoms with E-state index in [2.05, 4.69) is 10.6 Å². The molecule has 1 aliphatic carbocycles. The van der Waals surface area contributed by atoms with Crippen LogP contribution in [0.1, 0.15) is 38.5 Å². The van der Waals surface area contributed by atoms with Crippen LogP contribution in [0.4, 0.5) is 0 Å². The van der Waals surface area contributed by atoms with E-state index in [1.54, 1.807) is 0 Å². The molecule has 1 aliphatic heterocycles. The fraction of sp³-hybridized carbons (Fsp3) is 1.00. The SMILES string of the molecule is NCCNC1CCCCC1C1CCCN1. The normalized spacial score (nSPS) is 37.0. The zero-order valence-corrected chi connectivity index (χ0v) is 9.67. The van der Waals surface area contributed by atoms with Crippen LogP contribution < -0.4 is 16.4 Å². The number of nitrogens with one attached hydrogen (secondary N) is 2. The second-order valence-electron chi connectivity index (χ2n) is 5.00. The summed E-state index contributed by atoms with van der Waals surface area (Å²) in [7, 11) is 0. The highest BCUT2D eigenvalue weighted by molar-refractivity contribution is 4.91. The van der Waals surface area contributed by atoms with Gasteiger partial charge in [-0.3, -0.25) is 0 Å². The molecule has 0 amide bonds. The Bertz CT molecular complexity index is 178. The van der Waals surface area contributed by atoms with Crippen molar-refractivity contribution in [3.63, 3.8) is 0 Å². The van der Waals surface area contributed by atoms with Crippen LogP contribution in [0.25, 0.3) is 0 Å². The van der Waals surface area contributed by atoms with Crippen molar-refractivity contribution < 1.29 is 0 Å². The maximum absolute atomic E-state index is 5.57. The summed E-state index contributed by atoms with van der Waals surface area (Å²) in [4.78, 5) is 0. The molecule has 3 atom stereocenters. The second kappa shape index (κ2) is 5.83. The Labute approximate surface area is 93.2 Å². The van der Waals surface area contributed by atoms with Crippen molar-refractivity contribution in [1.29, 1.82) is 0 Å². The van der Waals surface area contributed by atoms with Crippen LogP contribution in [0.15, 0.2) is 0 Å². The van der Waals surface area contributed by atoms with Crippen LogP contribution in [-0.2, 0) is 0 Å². The predicted molar refractivity (Wildman–Crippen MR) is 63.8 cm³/mol. The zero-order chi connectivity index (χ0) is 10.5. The molecule has 0 aromatic heterocycles. The van der Waals surface area contributed by atoms with Crippen molar-refractivity contribution in [2.75, 3.05) is 19.6 Å². The van der Waals surface area contributed by atoms with Crippen molar-refractivity contribution in [1.82, 2.24) is 10.6 Å². The summed E-state index contributed by atoms with van der Waals surface area (Å²) in [5.74, 6) is 0.854. The first-order chi connectivity index (χ1) is 7.42. The largest absolute Gasteiger partial charge is 0.329 e. The Kier molecular flexibility index (Phi) is 4.42. The van der Waals surface area contributed by atoms with Gasteiger partial charge >= 0.3 is 0 Å². The first-order valence-electron chi connectivity index (χ1n) is 6.58. The highest BCUT2D eigenvalue weighted by atomic mass is 15.0. The molecule has 1 heterocycles. The molecular weight excluding hydrogens is 186 g/mol. The van der Waals surface area contributed by atoms with Crippen molar-refractivity contribution >= 4 is 0 Å². The van der Waals surface area contributed by atoms with Crippen molar-refractivity contribution in [2.45, 2.75) is 50.6 Å². The van der Waals surface area contributed by atoms with Crippen LogP contribution in [-0.4, -0.2) is 31.7 Å². The maximum Gasteiger partial charge on any atom is 0.0111 e. The highest BCUT2D eigenvalue weighted by Crippen LogP contribution is 2.30. The van der Waals surface area contributed by atoms with Gasteiger partial charge in [0.1, 0.15) is 0 Å². The molecule has 3 nitrogen and oxygen atoms in total. The molecule has 2 rings (SSSR count). The lowest BCUT2D eigenvalue weighted by atomic mass is 9.79. The fourth-order valence-corrected chi connectivity index (χ4v) is 3.24. The molecule has 0 aromatic carbocycles. The Balaban J connectivity index is 1.86. The van der Waals surface area contributed by atoms with Crippen LogP contribution in [0.5, 0.6) is 0 Å².